The number of hydroxylamine groups is 2. The molecule has 0 N–H and O–H groups in total. The van der Waals surface area contributed by atoms with Gasteiger partial charge in [-0.05, 0) is 20.8 Å². The molecule has 0 fully saturated rings. The molecular weight excluding hydrogens is 118 g/mol. The second-order valence-electron chi connectivity index (χ2n) is 3.08. The lowest BCUT2D eigenvalue weighted by molar-refractivity contribution is -0.448. The molecule has 0 aromatic rings. The third kappa shape index (κ3) is 7.88. The van der Waals surface area contributed by atoms with Gasteiger partial charge in [-0.1, -0.05) is 0 Å². The first-order valence-corrected chi connectivity index (χ1v) is 2.95. The summed E-state index contributed by atoms with van der Waals surface area (Å²) >= 11 is 0. The Bertz CT molecular complexity index is 75.6. The maximum atomic E-state index is 4.92. The fourth-order valence-electron chi connectivity index (χ4n) is 0.186. The first-order valence-electron chi connectivity index (χ1n) is 2.95. The molecule has 0 radical (unpaired) electrons. The first kappa shape index (κ1) is 8.88. The summed E-state index contributed by atoms with van der Waals surface area (Å²) in [6.07, 6.45) is 0. The summed E-state index contributed by atoms with van der Waals surface area (Å²) in [4.78, 5) is 9.66. The van der Waals surface area contributed by atoms with Crippen LogP contribution in [0.1, 0.15) is 20.8 Å². The van der Waals surface area contributed by atoms with E-state index in [1.807, 2.05) is 20.8 Å². The molecule has 9 heavy (non-hydrogen) atoms. The predicted octanol–water partition coefficient (Wildman–Crippen LogP) is 1.21. The third-order valence-electron chi connectivity index (χ3n) is 0.436. The van der Waals surface area contributed by atoms with E-state index in [1.165, 1.54) is 5.06 Å². The minimum absolute atomic E-state index is 0.232. The van der Waals surface area contributed by atoms with Crippen LogP contribution in [0.2, 0.25) is 0 Å². The highest BCUT2D eigenvalue weighted by Crippen LogP contribution is 2.06. The predicted molar refractivity (Wildman–Crippen MR) is 35.6 cm³/mol. The van der Waals surface area contributed by atoms with Crippen molar-refractivity contribution in [2.45, 2.75) is 26.4 Å². The second-order valence-corrected chi connectivity index (χ2v) is 3.08. The molecule has 56 valence electrons. The fraction of sp³-hybridized carbons (Fsp3) is 1.00. The van der Waals surface area contributed by atoms with E-state index in [0.29, 0.717) is 0 Å². The summed E-state index contributed by atoms with van der Waals surface area (Å²) < 4.78 is 0. The van der Waals surface area contributed by atoms with Crippen LogP contribution in [0.3, 0.4) is 0 Å². The van der Waals surface area contributed by atoms with E-state index in [4.69, 9.17) is 9.88 Å². The molecule has 0 aliphatic heterocycles. The summed E-state index contributed by atoms with van der Waals surface area (Å²) in [7, 11) is 3.54. The van der Waals surface area contributed by atoms with Crippen LogP contribution >= 0.6 is 0 Å². The van der Waals surface area contributed by atoms with Crippen molar-refractivity contribution in [2.75, 3.05) is 14.1 Å². The largest absolute Gasteiger partial charge is 0.212 e. The number of nitrogens with zero attached hydrogens (tertiary/aromatic N) is 1. The SMILES string of the molecule is CN(C)OOC(C)(C)C. The summed E-state index contributed by atoms with van der Waals surface area (Å²) in [6.45, 7) is 5.78. The first-order chi connectivity index (χ1) is 3.92. The topological polar surface area (TPSA) is 21.7 Å². The molecule has 0 atom stereocenters. The quantitative estimate of drug-likeness (QED) is 0.417. The molecule has 3 nitrogen and oxygen atoms in total. The lowest BCUT2D eigenvalue weighted by atomic mass is 10.2. The van der Waals surface area contributed by atoms with Crippen molar-refractivity contribution in [3.8, 4) is 0 Å². The molecule has 0 heterocycles. The van der Waals surface area contributed by atoms with Crippen LogP contribution in [0.4, 0.5) is 0 Å². The molecule has 0 aliphatic rings. The highest BCUT2D eigenvalue weighted by atomic mass is 17.3. The zero-order valence-corrected chi connectivity index (χ0v) is 6.76. The van der Waals surface area contributed by atoms with E-state index in [9.17, 15) is 0 Å². The maximum absolute atomic E-state index is 4.92. The van der Waals surface area contributed by atoms with Gasteiger partial charge < -0.3 is 0 Å². The van der Waals surface area contributed by atoms with Gasteiger partial charge >= 0.3 is 0 Å². The van der Waals surface area contributed by atoms with Gasteiger partial charge in [0.05, 0.1) is 5.60 Å². The van der Waals surface area contributed by atoms with E-state index in [1.54, 1.807) is 14.1 Å². The molecule has 0 aromatic carbocycles. The van der Waals surface area contributed by atoms with Crippen molar-refractivity contribution in [3.05, 3.63) is 0 Å². The van der Waals surface area contributed by atoms with E-state index in [0.717, 1.165) is 0 Å². The van der Waals surface area contributed by atoms with Crippen LogP contribution in [-0.2, 0) is 9.88 Å². The van der Waals surface area contributed by atoms with Crippen molar-refractivity contribution >= 4 is 0 Å². The van der Waals surface area contributed by atoms with Crippen molar-refractivity contribution in [2.24, 2.45) is 0 Å². The van der Waals surface area contributed by atoms with Crippen LogP contribution in [0, 0.1) is 0 Å². The molecule has 0 saturated heterocycles. The molecule has 0 spiro atoms. The second kappa shape index (κ2) is 3.15. The van der Waals surface area contributed by atoms with Gasteiger partial charge in [0.25, 0.3) is 0 Å². The Balaban J connectivity index is 3.28. The van der Waals surface area contributed by atoms with Gasteiger partial charge in [0.15, 0.2) is 0 Å². The van der Waals surface area contributed by atoms with Gasteiger partial charge in [-0.2, -0.15) is 5.06 Å². The Morgan fingerprint density at radius 1 is 1.11 bits per heavy atom. The van der Waals surface area contributed by atoms with Crippen LogP contribution in [0.15, 0.2) is 0 Å². The van der Waals surface area contributed by atoms with Gasteiger partial charge in [0.1, 0.15) is 0 Å². The molecule has 3 heteroatoms. The normalized spacial score (nSPS) is 12.7. The molecule has 0 aliphatic carbocycles. The maximum Gasteiger partial charge on any atom is 0.0972 e. The fourth-order valence-corrected chi connectivity index (χ4v) is 0.186. The molecule has 0 rings (SSSR count). The van der Waals surface area contributed by atoms with Gasteiger partial charge in [-0.25, -0.2) is 4.89 Å². The van der Waals surface area contributed by atoms with Gasteiger partial charge in [-0.3, -0.25) is 0 Å². The monoisotopic (exact) mass is 133 g/mol. The Morgan fingerprint density at radius 2 is 1.56 bits per heavy atom. The zero-order valence-electron chi connectivity index (χ0n) is 6.76. The highest BCUT2D eigenvalue weighted by Gasteiger charge is 2.11. The summed E-state index contributed by atoms with van der Waals surface area (Å²) in [5, 5.41) is 1.51. The number of hydrogen-bond donors (Lipinski definition) is 0. The Morgan fingerprint density at radius 3 is 1.67 bits per heavy atom. The minimum Gasteiger partial charge on any atom is -0.212 e. The van der Waals surface area contributed by atoms with Crippen molar-refractivity contribution in [3.63, 3.8) is 0 Å². The van der Waals surface area contributed by atoms with Crippen LogP contribution in [-0.4, -0.2) is 24.8 Å². The van der Waals surface area contributed by atoms with Gasteiger partial charge in [-0.15, -0.1) is 4.99 Å². The van der Waals surface area contributed by atoms with E-state index < -0.39 is 0 Å². The smallest absolute Gasteiger partial charge is 0.0972 e. The van der Waals surface area contributed by atoms with Crippen LogP contribution < -0.4 is 0 Å². The summed E-state index contributed by atoms with van der Waals surface area (Å²) in [5.41, 5.74) is -0.232. The summed E-state index contributed by atoms with van der Waals surface area (Å²) in [6, 6.07) is 0. The zero-order chi connectivity index (χ0) is 7.49. The van der Waals surface area contributed by atoms with E-state index in [-0.39, 0.29) is 5.60 Å². The lowest BCUT2D eigenvalue weighted by Crippen LogP contribution is -2.24. The minimum atomic E-state index is -0.232. The molecule has 0 saturated carbocycles. The van der Waals surface area contributed by atoms with Crippen molar-refractivity contribution in [1.29, 1.82) is 0 Å². The number of rotatable bonds is 2. The Hall–Kier alpha value is -0.120. The third-order valence-corrected chi connectivity index (χ3v) is 0.436. The number of hydrogen-bond acceptors (Lipinski definition) is 3. The average Bonchev–Trinajstić information content (AvgIpc) is 1.59. The molecule has 0 amide bonds. The molecule has 0 unspecified atom stereocenters. The Labute approximate surface area is 56.4 Å². The molecule has 0 aromatic heterocycles. The van der Waals surface area contributed by atoms with Crippen LogP contribution in [0.25, 0.3) is 0 Å². The Kier molecular flexibility index (Phi) is 3.11. The summed E-state index contributed by atoms with van der Waals surface area (Å²) in [5.74, 6) is 0. The standard InChI is InChI=1S/C6H15NO2/c1-6(2,3)8-9-7(4)5/h1-5H3. The van der Waals surface area contributed by atoms with E-state index in [2.05, 4.69) is 0 Å². The van der Waals surface area contributed by atoms with Crippen molar-refractivity contribution < 1.29 is 9.88 Å². The van der Waals surface area contributed by atoms with Gasteiger partial charge in [0.2, 0.25) is 0 Å². The van der Waals surface area contributed by atoms with Crippen LogP contribution in [0.5, 0.6) is 0 Å². The molecule has 0 bridgehead atoms. The lowest BCUT2D eigenvalue weighted by Gasteiger charge is -2.19. The van der Waals surface area contributed by atoms with E-state index >= 15 is 0 Å². The molecular formula is C6H15NO2. The highest BCUT2D eigenvalue weighted by molar-refractivity contribution is 4.53. The van der Waals surface area contributed by atoms with Crippen molar-refractivity contribution in [1.82, 2.24) is 5.06 Å². The van der Waals surface area contributed by atoms with Gasteiger partial charge in [0, 0.05) is 14.1 Å². The average molecular weight is 133 g/mol.